The Labute approximate surface area is 140 Å². The van der Waals surface area contributed by atoms with Crippen LogP contribution >= 0.6 is 0 Å². The predicted molar refractivity (Wildman–Crippen MR) is 95.1 cm³/mol. The Bertz CT molecular complexity index is 918. The van der Waals surface area contributed by atoms with Gasteiger partial charge in [-0.15, -0.1) is 0 Å². The average molecular weight is 320 g/mol. The molecule has 1 aliphatic carbocycles. The lowest BCUT2D eigenvalue weighted by molar-refractivity contribution is 0.249. The summed E-state index contributed by atoms with van der Waals surface area (Å²) in [5.41, 5.74) is 4.58. The van der Waals surface area contributed by atoms with Gasteiger partial charge in [-0.25, -0.2) is 4.79 Å². The number of nitrogens with zero attached hydrogens (tertiary/aromatic N) is 2. The number of aryl methyl sites for hydroxylation is 3. The molecule has 0 saturated carbocycles. The normalized spacial score (nSPS) is 13.9. The van der Waals surface area contributed by atoms with Crippen LogP contribution in [0.2, 0.25) is 0 Å². The summed E-state index contributed by atoms with van der Waals surface area (Å²) in [5, 5.41) is 12.5. The van der Waals surface area contributed by atoms with Crippen molar-refractivity contribution >= 4 is 22.5 Å². The second kappa shape index (κ2) is 5.67. The van der Waals surface area contributed by atoms with E-state index >= 15 is 0 Å². The first-order chi connectivity index (χ1) is 11.6. The number of benzene rings is 2. The van der Waals surface area contributed by atoms with Crippen LogP contribution < -0.4 is 10.6 Å². The lowest BCUT2D eigenvalue weighted by atomic mass is 10.0. The number of hydrogen-bond acceptors (Lipinski definition) is 2. The summed E-state index contributed by atoms with van der Waals surface area (Å²) in [6, 6.07) is 10.1. The van der Waals surface area contributed by atoms with Crippen molar-refractivity contribution < 1.29 is 4.79 Å². The molecule has 5 heteroatoms. The van der Waals surface area contributed by atoms with Gasteiger partial charge in [0.2, 0.25) is 0 Å². The zero-order valence-corrected chi connectivity index (χ0v) is 13.8. The van der Waals surface area contributed by atoms with Crippen molar-refractivity contribution in [2.45, 2.75) is 25.8 Å². The van der Waals surface area contributed by atoms with Crippen LogP contribution in [0, 0.1) is 0 Å². The molecule has 1 heterocycles. The van der Waals surface area contributed by atoms with E-state index in [0.717, 1.165) is 29.5 Å². The first-order valence-electron chi connectivity index (χ1n) is 8.21. The van der Waals surface area contributed by atoms with Crippen molar-refractivity contribution in [3.63, 3.8) is 0 Å². The smallest absolute Gasteiger partial charge is 0.319 e. The zero-order valence-electron chi connectivity index (χ0n) is 13.8. The molecule has 0 unspecified atom stereocenters. The van der Waals surface area contributed by atoms with Gasteiger partial charge in [0.1, 0.15) is 0 Å². The molecule has 0 saturated heterocycles. The third-order valence-electron chi connectivity index (χ3n) is 4.70. The Kier molecular flexibility index (Phi) is 3.49. The summed E-state index contributed by atoms with van der Waals surface area (Å²) in [7, 11) is 1.86. The Morgan fingerprint density at radius 3 is 2.75 bits per heavy atom. The summed E-state index contributed by atoms with van der Waals surface area (Å²) in [6.45, 7) is 1.95. The number of amides is 2. The Balaban J connectivity index is 1.55. The van der Waals surface area contributed by atoms with E-state index in [1.54, 1.807) is 10.9 Å². The molecule has 1 aromatic heterocycles. The van der Waals surface area contributed by atoms with E-state index in [4.69, 9.17) is 0 Å². The minimum absolute atomic E-state index is 0.101. The molecule has 0 spiro atoms. The highest BCUT2D eigenvalue weighted by molar-refractivity contribution is 6.04. The maximum absolute atomic E-state index is 12.4. The van der Waals surface area contributed by atoms with Gasteiger partial charge >= 0.3 is 6.03 Å². The molecule has 24 heavy (non-hydrogen) atoms. The number of carbonyl (C=O) groups is 1. The number of aromatic nitrogens is 2. The van der Waals surface area contributed by atoms with Gasteiger partial charge in [0.15, 0.2) is 0 Å². The molecule has 2 amide bonds. The molecule has 2 N–H and O–H groups in total. The van der Waals surface area contributed by atoms with Crippen molar-refractivity contribution in [1.29, 1.82) is 0 Å². The molecule has 1 atom stereocenters. The summed E-state index contributed by atoms with van der Waals surface area (Å²) in [6.07, 6.45) is 5.84. The van der Waals surface area contributed by atoms with E-state index in [9.17, 15) is 4.79 Å². The molecule has 3 aromatic rings. The highest BCUT2D eigenvalue weighted by Gasteiger charge is 2.17. The third-order valence-corrected chi connectivity index (χ3v) is 4.70. The van der Waals surface area contributed by atoms with E-state index in [0.29, 0.717) is 0 Å². The van der Waals surface area contributed by atoms with E-state index in [2.05, 4.69) is 40.0 Å². The standard InChI is InChI=1S/C19H20N4O/c1-12(15-10-20-23(2)11-15)21-19(24)22-17-9-8-14-7-6-13-4-3-5-16(17)18(13)14/h3-5,8-12H,6-7H2,1-2H3,(H2,21,22,24)/t12-/m0/s1. The molecule has 1 aliphatic rings. The van der Waals surface area contributed by atoms with Crippen LogP contribution in [0.4, 0.5) is 10.5 Å². The molecule has 0 radical (unpaired) electrons. The first-order valence-corrected chi connectivity index (χ1v) is 8.21. The molecular formula is C19H20N4O. The summed E-state index contributed by atoms with van der Waals surface area (Å²) in [5.74, 6) is 0. The molecule has 5 nitrogen and oxygen atoms in total. The van der Waals surface area contributed by atoms with Crippen molar-refractivity contribution in [3.8, 4) is 0 Å². The van der Waals surface area contributed by atoms with E-state index in [1.165, 1.54) is 16.5 Å². The van der Waals surface area contributed by atoms with Crippen molar-refractivity contribution in [2.75, 3.05) is 5.32 Å². The topological polar surface area (TPSA) is 59.0 Å². The van der Waals surface area contributed by atoms with E-state index in [-0.39, 0.29) is 12.1 Å². The fraction of sp³-hybridized carbons (Fsp3) is 0.263. The van der Waals surface area contributed by atoms with Crippen LogP contribution in [0.25, 0.3) is 10.8 Å². The largest absolute Gasteiger partial charge is 0.331 e. The Morgan fingerprint density at radius 2 is 2.00 bits per heavy atom. The fourth-order valence-corrected chi connectivity index (χ4v) is 3.46. The van der Waals surface area contributed by atoms with Crippen LogP contribution in [0.15, 0.2) is 42.7 Å². The van der Waals surface area contributed by atoms with Gasteiger partial charge in [-0.1, -0.05) is 24.3 Å². The number of carbonyl (C=O) groups excluding carboxylic acids is 1. The summed E-state index contributed by atoms with van der Waals surface area (Å²) < 4.78 is 1.73. The maximum atomic E-state index is 12.4. The van der Waals surface area contributed by atoms with Crippen molar-refractivity contribution in [2.24, 2.45) is 7.05 Å². The van der Waals surface area contributed by atoms with Crippen LogP contribution in [-0.4, -0.2) is 15.8 Å². The number of hydrogen-bond donors (Lipinski definition) is 2. The predicted octanol–water partition coefficient (Wildman–Crippen LogP) is 3.55. The molecule has 0 bridgehead atoms. The number of urea groups is 1. The van der Waals surface area contributed by atoms with Gasteiger partial charge in [0.05, 0.1) is 17.9 Å². The molecule has 0 aliphatic heterocycles. The quantitative estimate of drug-likeness (QED) is 0.775. The lowest BCUT2D eigenvalue weighted by Gasteiger charge is -2.15. The van der Waals surface area contributed by atoms with Gasteiger partial charge in [-0.3, -0.25) is 4.68 Å². The molecule has 2 aromatic carbocycles. The van der Waals surface area contributed by atoms with Gasteiger partial charge in [0, 0.05) is 24.2 Å². The minimum atomic E-state index is -0.204. The SMILES string of the molecule is C[C@H](NC(=O)Nc1ccc2c3c(cccc13)CC2)c1cnn(C)c1. The van der Waals surface area contributed by atoms with Crippen LogP contribution in [0.3, 0.4) is 0 Å². The molecule has 4 rings (SSSR count). The zero-order chi connectivity index (χ0) is 16.7. The van der Waals surface area contributed by atoms with Gasteiger partial charge < -0.3 is 10.6 Å². The minimum Gasteiger partial charge on any atom is -0.331 e. The van der Waals surface area contributed by atoms with Crippen molar-refractivity contribution in [1.82, 2.24) is 15.1 Å². The fourth-order valence-electron chi connectivity index (χ4n) is 3.46. The highest BCUT2D eigenvalue weighted by Crippen LogP contribution is 2.34. The van der Waals surface area contributed by atoms with E-state index < -0.39 is 0 Å². The monoisotopic (exact) mass is 320 g/mol. The van der Waals surface area contributed by atoms with Crippen LogP contribution in [0.5, 0.6) is 0 Å². The van der Waals surface area contributed by atoms with Crippen LogP contribution in [-0.2, 0) is 19.9 Å². The summed E-state index contributed by atoms with van der Waals surface area (Å²) >= 11 is 0. The maximum Gasteiger partial charge on any atom is 0.319 e. The van der Waals surface area contributed by atoms with Gasteiger partial charge in [0.25, 0.3) is 0 Å². The second-order valence-corrected chi connectivity index (χ2v) is 6.38. The molecule has 122 valence electrons. The number of nitrogens with one attached hydrogen (secondary N) is 2. The van der Waals surface area contributed by atoms with Crippen LogP contribution in [0.1, 0.15) is 29.7 Å². The third kappa shape index (κ3) is 2.52. The van der Waals surface area contributed by atoms with Gasteiger partial charge in [-0.05, 0) is 42.3 Å². The number of anilines is 1. The first kappa shape index (κ1) is 14.8. The van der Waals surface area contributed by atoms with Crippen molar-refractivity contribution in [3.05, 3.63) is 59.4 Å². The number of rotatable bonds is 3. The van der Waals surface area contributed by atoms with E-state index in [1.807, 2.05) is 26.2 Å². The second-order valence-electron chi connectivity index (χ2n) is 6.38. The molecule has 0 fully saturated rings. The highest BCUT2D eigenvalue weighted by atomic mass is 16.2. The summed E-state index contributed by atoms with van der Waals surface area (Å²) in [4.78, 5) is 12.4. The molecular weight excluding hydrogens is 300 g/mol. The van der Waals surface area contributed by atoms with Gasteiger partial charge in [-0.2, -0.15) is 5.10 Å². The Morgan fingerprint density at radius 1 is 1.21 bits per heavy atom. The Hall–Kier alpha value is -2.82. The average Bonchev–Trinajstić information content (AvgIpc) is 3.18. The lowest BCUT2D eigenvalue weighted by Crippen LogP contribution is -2.31.